The maximum absolute atomic E-state index is 12.2. The molecule has 1 aliphatic heterocycles. The first-order valence-corrected chi connectivity index (χ1v) is 6.04. The molecule has 0 saturated carbocycles. The second-order valence-electron chi connectivity index (χ2n) is 4.68. The van der Waals surface area contributed by atoms with Gasteiger partial charge in [0.2, 0.25) is 0 Å². The van der Waals surface area contributed by atoms with Crippen LogP contribution in [0.15, 0.2) is 29.1 Å². The van der Waals surface area contributed by atoms with E-state index in [1.54, 1.807) is 12.1 Å². The summed E-state index contributed by atoms with van der Waals surface area (Å²) < 4.78 is 1.40. The first-order chi connectivity index (χ1) is 8.74. The van der Waals surface area contributed by atoms with Gasteiger partial charge in [-0.3, -0.25) is 9.69 Å². The molecule has 0 aliphatic carbocycles. The van der Waals surface area contributed by atoms with Crippen LogP contribution in [0.1, 0.15) is 6.42 Å². The summed E-state index contributed by atoms with van der Waals surface area (Å²) in [6.07, 6.45) is 0.968. The lowest BCUT2D eigenvalue weighted by Crippen LogP contribution is -2.34. The Balaban J connectivity index is 1.93. The molecule has 1 aliphatic rings. The number of likely N-dealkylation sites (tertiary alicyclic amines) is 1. The minimum Gasteiger partial charge on any atom is -0.326 e. The Bertz CT molecular complexity index is 623. The van der Waals surface area contributed by atoms with Crippen molar-refractivity contribution in [2.75, 3.05) is 13.1 Å². The van der Waals surface area contributed by atoms with E-state index in [-0.39, 0.29) is 11.6 Å². The number of hydrogen-bond acceptors (Lipinski definition) is 5. The summed E-state index contributed by atoms with van der Waals surface area (Å²) in [6, 6.07) is 7.45. The van der Waals surface area contributed by atoms with Gasteiger partial charge in [0, 0.05) is 19.1 Å². The second kappa shape index (κ2) is 4.47. The molecule has 0 radical (unpaired) electrons. The highest BCUT2D eigenvalue weighted by molar-refractivity contribution is 5.76. The molecule has 94 valence electrons. The Labute approximate surface area is 104 Å². The molecule has 1 saturated heterocycles. The first-order valence-electron chi connectivity index (χ1n) is 6.04. The van der Waals surface area contributed by atoms with Crippen LogP contribution in [-0.2, 0) is 6.67 Å². The van der Waals surface area contributed by atoms with E-state index < -0.39 is 0 Å². The van der Waals surface area contributed by atoms with Gasteiger partial charge in [0.25, 0.3) is 5.56 Å². The zero-order chi connectivity index (χ0) is 12.5. The molecule has 0 bridgehead atoms. The summed E-state index contributed by atoms with van der Waals surface area (Å²) >= 11 is 0. The molecule has 2 N–H and O–H groups in total. The molecule has 0 unspecified atom stereocenters. The number of rotatable bonds is 2. The van der Waals surface area contributed by atoms with Crippen LogP contribution in [0, 0.1) is 0 Å². The van der Waals surface area contributed by atoms with Gasteiger partial charge in [-0.25, -0.2) is 0 Å². The summed E-state index contributed by atoms with van der Waals surface area (Å²) in [5, 5.41) is 8.63. The van der Waals surface area contributed by atoms with E-state index in [1.807, 2.05) is 12.1 Å². The monoisotopic (exact) mass is 245 g/mol. The third-order valence-electron chi connectivity index (χ3n) is 3.27. The number of hydrogen-bond donors (Lipinski definition) is 1. The minimum absolute atomic E-state index is 0.0962. The smallest absolute Gasteiger partial charge is 0.278 e. The predicted octanol–water partition coefficient (Wildman–Crippen LogP) is -0.218. The number of nitrogens with two attached hydrogens (primary N) is 1. The summed E-state index contributed by atoms with van der Waals surface area (Å²) in [7, 11) is 0. The zero-order valence-corrected chi connectivity index (χ0v) is 9.99. The van der Waals surface area contributed by atoms with Crippen LogP contribution in [0.5, 0.6) is 0 Å². The van der Waals surface area contributed by atoms with Gasteiger partial charge >= 0.3 is 0 Å². The van der Waals surface area contributed by atoms with Crippen molar-refractivity contribution in [2.45, 2.75) is 19.1 Å². The van der Waals surface area contributed by atoms with Crippen LogP contribution in [0.2, 0.25) is 0 Å². The highest BCUT2D eigenvalue weighted by Crippen LogP contribution is 2.08. The normalized spacial score (nSPS) is 20.6. The van der Waals surface area contributed by atoms with Crippen LogP contribution in [0.4, 0.5) is 0 Å². The lowest BCUT2D eigenvalue weighted by atomic mass is 10.2. The molecule has 3 rings (SSSR count). The van der Waals surface area contributed by atoms with Gasteiger partial charge < -0.3 is 5.73 Å². The highest BCUT2D eigenvalue weighted by Gasteiger charge is 2.20. The quantitative estimate of drug-likeness (QED) is 0.791. The number of fused-ring (bicyclic) bond motifs is 1. The molecule has 6 heteroatoms. The van der Waals surface area contributed by atoms with Gasteiger partial charge in [-0.2, -0.15) is 4.68 Å². The highest BCUT2D eigenvalue weighted by atomic mass is 16.1. The molecule has 2 heterocycles. The fraction of sp³-hybridized carbons (Fsp3) is 0.417. The van der Waals surface area contributed by atoms with Crippen LogP contribution < -0.4 is 11.3 Å². The van der Waals surface area contributed by atoms with E-state index in [2.05, 4.69) is 15.2 Å². The van der Waals surface area contributed by atoms with Crippen molar-refractivity contribution in [1.29, 1.82) is 0 Å². The van der Waals surface area contributed by atoms with Crippen molar-refractivity contribution in [3.8, 4) is 0 Å². The molecule has 6 nitrogen and oxygen atoms in total. The Kier molecular flexibility index (Phi) is 2.81. The number of benzene rings is 1. The van der Waals surface area contributed by atoms with Crippen molar-refractivity contribution in [2.24, 2.45) is 5.73 Å². The topological polar surface area (TPSA) is 77.0 Å². The summed E-state index contributed by atoms with van der Waals surface area (Å²) in [6.45, 7) is 2.17. The van der Waals surface area contributed by atoms with Gasteiger partial charge in [-0.05, 0) is 18.6 Å². The van der Waals surface area contributed by atoms with Crippen LogP contribution in [-0.4, -0.2) is 39.0 Å². The average molecular weight is 245 g/mol. The molecular weight excluding hydrogens is 230 g/mol. The molecular formula is C12H15N5O. The molecule has 1 aromatic heterocycles. The standard InChI is InChI=1S/C12H15N5O/c13-9-5-6-16(7-9)8-17-12(18)10-3-1-2-4-11(10)14-15-17/h1-4,9H,5-8,13H2/t9-/m1/s1. The molecule has 2 aromatic rings. The third kappa shape index (κ3) is 2.00. The van der Waals surface area contributed by atoms with Gasteiger partial charge in [0.05, 0.1) is 12.1 Å². The maximum atomic E-state index is 12.2. The Morgan fingerprint density at radius 2 is 2.22 bits per heavy atom. The maximum Gasteiger partial charge on any atom is 0.278 e. The molecule has 18 heavy (non-hydrogen) atoms. The molecule has 0 amide bonds. The van der Waals surface area contributed by atoms with Crippen molar-refractivity contribution in [3.05, 3.63) is 34.6 Å². The second-order valence-corrected chi connectivity index (χ2v) is 4.68. The molecule has 1 aromatic carbocycles. The van der Waals surface area contributed by atoms with Gasteiger partial charge in [-0.1, -0.05) is 17.3 Å². The van der Waals surface area contributed by atoms with Crippen LogP contribution >= 0.6 is 0 Å². The Hall–Kier alpha value is -1.79. The van der Waals surface area contributed by atoms with Crippen LogP contribution in [0.3, 0.4) is 0 Å². The third-order valence-corrected chi connectivity index (χ3v) is 3.27. The lowest BCUT2D eigenvalue weighted by molar-refractivity contribution is 0.242. The average Bonchev–Trinajstić information content (AvgIpc) is 2.79. The van der Waals surface area contributed by atoms with Crippen LogP contribution in [0.25, 0.3) is 10.9 Å². The summed E-state index contributed by atoms with van der Waals surface area (Å²) in [4.78, 5) is 14.3. The first kappa shape index (κ1) is 11.3. The van der Waals surface area contributed by atoms with Crippen molar-refractivity contribution < 1.29 is 0 Å². The number of aromatic nitrogens is 3. The fourth-order valence-corrected chi connectivity index (χ4v) is 2.30. The Morgan fingerprint density at radius 1 is 1.39 bits per heavy atom. The van der Waals surface area contributed by atoms with E-state index in [4.69, 9.17) is 5.73 Å². The molecule has 1 fully saturated rings. The number of nitrogens with zero attached hydrogens (tertiary/aromatic N) is 4. The predicted molar refractivity (Wildman–Crippen MR) is 68.0 cm³/mol. The van der Waals surface area contributed by atoms with Gasteiger partial charge in [0.1, 0.15) is 5.52 Å². The minimum atomic E-state index is -0.0962. The van der Waals surface area contributed by atoms with E-state index in [9.17, 15) is 4.79 Å². The van der Waals surface area contributed by atoms with Gasteiger partial charge in [0.15, 0.2) is 0 Å². The zero-order valence-electron chi connectivity index (χ0n) is 9.99. The van der Waals surface area contributed by atoms with E-state index >= 15 is 0 Å². The van der Waals surface area contributed by atoms with Gasteiger partial charge in [-0.15, -0.1) is 5.10 Å². The summed E-state index contributed by atoms with van der Waals surface area (Å²) in [5.74, 6) is 0. The van der Waals surface area contributed by atoms with Crippen molar-refractivity contribution in [3.63, 3.8) is 0 Å². The van der Waals surface area contributed by atoms with Crippen molar-refractivity contribution in [1.82, 2.24) is 19.9 Å². The van der Waals surface area contributed by atoms with E-state index in [1.165, 1.54) is 4.68 Å². The largest absolute Gasteiger partial charge is 0.326 e. The Morgan fingerprint density at radius 3 is 3.00 bits per heavy atom. The fourth-order valence-electron chi connectivity index (χ4n) is 2.30. The van der Waals surface area contributed by atoms with Crippen molar-refractivity contribution >= 4 is 10.9 Å². The summed E-state index contributed by atoms with van der Waals surface area (Å²) in [5.41, 5.74) is 6.38. The molecule has 1 atom stereocenters. The lowest BCUT2D eigenvalue weighted by Gasteiger charge is -2.15. The molecule has 0 spiro atoms. The van der Waals surface area contributed by atoms with E-state index in [0.717, 1.165) is 19.5 Å². The van der Waals surface area contributed by atoms with E-state index in [0.29, 0.717) is 17.6 Å². The SMILES string of the molecule is N[C@@H]1CCN(Cn2nnc3ccccc3c2=O)C1.